The maximum atomic E-state index is 13.1. The van der Waals surface area contributed by atoms with Crippen molar-refractivity contribution in [3.8, 4) is 17.2 Å². The molecule has 0 unspecified atom stereocenters. The summed E-state index contributed by atoms with van der Waals surface area (Å²) in [4.78, 5) is 33.7. The third-order valence-corrected chi connectivity index (χ3v) is 5.88. The second kappa shape index (κ2) is 10.4. The number of aromatic nitrogens is 7. The fraction of sp³-hybridized carbons (Fsp3) is 0.238. The van der Waals surface area contributed by atoms with Gasteiger partial charge in [-0.15, -0.1) is 10.2 Å². The molecule has 16 heteroatoms. The van der Waals surface area contributed by atoms with E-state index in [9.17, 15) is 27.9 Å². The molecule has 3 aromatic heterocycles. The number of carbonyl (C=O) groups excluding carboxylic acids is 1. The molecule has 0 spiro atoms. The molecule has 0 saturated heterocycles. The van der Waals surface area contributed by atoms with Gasteiger partial charge in [-0.05, 0) is 52.3 Å². The van der Waals surface area contributed by atoms with Gasteiger partial charge < -0.3 is 9.84 Å². The van der Waals surface area contributed by atoms with Gasteiger partial charge in [-0.2, -0.15) is 17.9 Å². The van der Waals surface area contributed by atoms with Crippen LogP contribution in [0.4, 0.5) is 13.2 Å². The zero-order valence-electron chi connectivity index (χ0n) is 18.7. The summed E-state index contributed by atoms with van der Waals surface area (Å²) in [6, 6.07) is 9.17. The number of methoxy groups -OCH3 is 1. The SMILES string of the molecule is COC(=O)c1nc(Cn2nc(-c3ccc(Cl)cc3)n(C[C@H](O)C(F)(F)F)c2=O)nn1-c1ncccc1Br. The van der Waals surface area contributed by atoms with E-state index in [-0.39, 0.29) is 28.9 Å². The summed E-state index contributed by atoms with van der Waals surface area (Å²) < 4.78 is 47.1. The Bertz CT molecular complexity index is 1500. The van der Waals surface area contributed by atoms with Gasteiger partial charge in [0, 0.05) is 16.8 Å². The molecule has 11 nitrogen and oxygen atoms in total. The quantitative estimate of drug-likeness (QED) is 0.320. The molecule has 4 aromatic rings. The number of aliphatic hydroxyl groups excluding tert-OH is 1. The van der Waals surface area contributed by atoms with Crippen molar-refractivity contribution < 1.29 is 27.8 Å². The fourth-order valence-corrected chi connectivity index (χ4v) is 3.81. The third-order valence-electron chi connectivity index (χ3n) is 5.01. The Kier molecular flexibility index (Phi) is 7.47. The van der Waals surface area contributed by atoms with E-state index >= 15 is 0 Å². The second-order valence-corrected chi connectivity index (χ2v) is 8.79. The molecule has 0 aliphatic carbocycles. The maximum Gasteiger partial charge on any atom is 0.416 e. The molecular formula is C21H16BrClF3N7O4. The van der Waals surface area contributed by atoms with Crippen molar-refractivity contribution in [3.63, 3.8) is 0 Å². The van der Waals surface area contributed by atoms with Crippen LogP contribution in [0.5, 0.6) is 0 Å². The molecule has 0 aliphatic heterocycles. The Labute approximate surface area is 219 Å². The van der Waals surface area contributed by atoms with Crippen molar-refractivity contribution in [3.05, 3.63) is 74.2 Å². The predicted molar refractivity (Wildman–Crippen MR) is 126 cm³/mol. The molecule has 0 saturated carbocycles. The molecule has 0 aliphatic rings. The van der Waals surface area contributed by atoms with Crippen molar-refractivity contribution >= 4 is 33.5 Å². The molecule has 0 radical (unpaired) electrons. The van der Waals surface area contributed by atoms with Gasteiger partial charge in [0.25, 0.3) is 0 Å². The van der Waals surface area contributed by atoms with E-state index in [1.165, 1.54) is 30.5 Å². The van der Waals surface area contributed by atoms with Gasteiger partial charge in [-0.25, -0.2) is 24.2 Å². The zero-order valence-corrected chi connectivity index (χ0v) is 21.1. The molecular weight excluding hydrogens is 587 g/mol. The van der Waals surface area contributed by atoms with Crippen molar-refractivity contribution in [2.24, 2.45) is 0 Å². The minimum Gasteiger partial charge on any atom is -0.463 e. The van der Waals surface area contributed by atoms with Gasteiger partial charge in [-0.3, -0.25) is 4.57 Å². The highest BCUT2D eigenvalue weighted by Gasteiger charge is 2.39. The minimum absolute atomic E-state index is 0.0799. The number of alkyl halides is 3. The monoisotopic (exact) mass is 601 g/mol. The van der Waals surface area contributed by atoms with Gasteiger partial charge >= 0.3 is 17.8 Å². The highest BCUT2D eigenvalue weighted by molar-refractivity contribution is 9.10. The summed E-state index contributed by atoms with van der Waals surface area (Å²) in [5.74, 6) is -1.12. The number of carbonyl (C=O) groups is 1. The van der Waals surface area contributed by atoms with Crippen LogP contribution in [0.15, 0.2) is 51.9 Å². The first-order valence-electron chi connectivity index (χ1n) is 10.3. The van der Waals surface area contributed by atoms with Crippen LogP contribution in [0.2, 0.25) is 5.02 Å². The van der Waals surface area contributed by atoms with Crippen LogP contribution < -0.4 is 5.69 Å². The normalized spacial score (nSPS) is 12.5. The van der Waals surface area contributed by atoms with E-state index in [2.05, 4.69) is 36.1 Å². The Morgan fingerprint density at radius 2 is 1.92 bits per heavy atom. The topological polar surface area (TPSA) is 130 Å². The van der Waals surface area contributed by atoms with Crippen molar-refractivity contribution in [1.29, 1.82) is 0 Å². The standard InChI is InChI=1S/C21H16BrClF3N7O4/c1-37-19(35)18-28-15(29-33(18)17-13(22)3-2-8-27-17)10-32-20(36)31(9-14(34)21(24,25)26)16(30-32)11-4-6-12(23)7-5-11/h2-8,14,34H,9-10H2,1H3/t14-/m0/s1. The summed E-state index contributed by atoms with van der Waals surface area (Å²) in [6.07, 6.45) is -6.33. The summed E-state index contributed by atoms with van der Waals surface area (Å²) in [5.41, 5.74) is -0.691. The second-order valence-electron chi connectivity index (χ2n) is 7.50. The van der Waals surface area contributed by atoms with E-state index in [4.69, 9.17) is 16.3 Å². The molecule has 4 rings (SSSR count). The Morgan fingerprint density at radius 1 is 1.22 bits per heavy atom. The average Bonchev–Trinajstić information content (AvgIpc) is 3.40. The number of nitrogens with zero attached hydrogens (tertiary/aromatic N) is 7. The third kappa shape index (κ3) is 5.57. The van der Waals surface area contributed by atoms with E-state index in [1.54, 1.807) is 12.1 Å². The zero-order chi connectivity index (χ0) is 26.9. The number of aliphatic hydroxyl groups is 1. The van der Waals surface area contributed by atoms with Crippen LogP contribution in [0, 0.1) is 0 Å². The molecule has 0 amide bonds. The van der Waals surface area contributed by atoms with Crippen LogP contribution in [0.1, 0.15) is 16.4 Å². The lowest BCUT2D eigenvalue weighted by atomic mass is 10.2. The van der Waals surface area contributed by atoms with Gasteiger partial charge in [0.05, 0.1) is 18.1 Å². The maximum absolute atomic E-state index is 13.1. The average molecular weight is 603 g/mol. The first-order valence-corrected chi connectivity index (χ1v) is 11.5. The number of pyridine rings is 1. The van der Waals surface area contributed by atoms with Crippen LogP contribution in [0.25, 0.3) is 17.2 Å². The lowest BCUT2D eigenvalue weighted by molar-refractivity contribution is -0.207. The lowest BCUT2D eigenvalue weighted by Crippen LogP contribution is -2.37. The molecule has 0 fully saturated rings. The fourth-order valence-electron chi connectivity index (χ4n) is 3.26. The number of halogens is 5. The van der Waals surface area contributed by atoms with Gasteiger partial charge in [0.2, 0.25) is 5.82 Å². The number of hydrogen-bond acceptors (Lipinski definition) is 8. The predicted octanol–water partition coefficient (Wildman–Crippen LogP) is 2.86. The van der Waals surface area contributed by atoms with Crippen molar-refractivity contribution in [1.82, 2.24) is 34.1 Å². The molecule has 3 heterocycles. The largest absolute Gasteiger partial charge is 0.463 e. The number of hydrogen-bond donors (Lipinski definition) is 1. The van der Waals surface area contributed by atoms with Crippen LogP contribution in [0.3, 0.4) is 0 Å². The molecule has 0 bridgehead atoms. The number of rotatable bonds is 7. The molecule has 194 valence electrons. The van der Waals surface area contributed by atoms with E-state index in [0.29, 0.717) is 14.1 Å². The van der Waals surface area contributed by atoms with Gasteiger partial charge in [0.15, 0.2) is 23.6 Å². The number of ether oxygens (including phenoxy) is 1. The van der Waals surface area contributed by atoms with Crippen molar-refractivity contribution in [2.45, 2.75) is 25.4 Å². The van der Waals surface area contributed by atoms with Gasteiger partial charge in [0.1, 0.15) is 6.54 Å². The Balaban J connectivity index is 1.79. The Hall–Kier alpha value is -3.56. The molecule has 37 heavy (non-hydrogen) atoms. The molecule has 1 atom stereocenters. The summed E-state index contributed by atoms with van der Waals surface area (Å²) >= 11 is 9.20. The van der Waals surface area contributed by atoms with Gasteiger partial charge in [-0.1, -0.05) is 11.6 Å². The summed E-state index contributed by atoms with van der Waals surface area (Å²) in [6.45, 7) is -1.52. The Morgan fingerprint density at radius 3 is 2.54 bits per heavy atom. The number of esters is 1. The van der Waals surface area contributed by atoms with Crippen LogP contribution in [-0.2, 0) is 17.8 Å². The summed E-state index contributed by atoms with van der Waals surface area (Å²) in [5, 5.41) is 18.4. The molecule has 1 aromatic carbocycles. The first kappa shape index (κ1) is 26.5. The number of benzene rings is 1. The molecule has 1 N–H and O–H groups in total. The highest BCUT2D eigenvalue weighted by atomic mass is 79.9. The van der Waals surface area contributed by atoms with E-state index in [1.807, 2.05) is 0 Å². The lowest BCUT2D eigenvalue weighted by Gasteiger charge is -2.15. The minimum atomic E-state index is -4.97. The van der Waals surface area contributed by atoms with E-state index in [0.717, 1.165) is 16.5 Å². The summed E-state index contributed by atoms with van der Waals surface area (Å²) in [7, 11) is 1.14. The van der Waals surface area contributed by atoms with Crippen molar-refractivity contribution in [2.75, 3.05) is 7.11 Å². The first-order chi connectivity index (χ1) is 17.5. The smallest absolute Gasteiger partial charge is 0.416 e. The van der Waals surface area contributed by atoms with E-state index < -0.39 is 37.0 Å². The van der Waals surface area contributed by atoms with Crippen LogP contribution >= 0.6 is 27.5 Å². The highest BCUT2D eigenvalue weighted by Crippen LogP contribution is 2.24. The van der Waals surface area contributed by atoms with Crippen LogP contribution in [-0.4, -0.2) is 64.6 Å².